The largest absolute Gasteiger partial charge is 0.507 e. The Morgan fingerprint density at radius 2 is 1.52 bits per heavy atom. The van der Waals surface area contributed by atoms with Crippen LogP contribution in [0.4, 0.5) is 0 Å². The van der Waals surface area contributed by atoms with E-state index < -0.39 is 11.9 Å². The molecule has 0 aliphatic carbocycles. The second-order valence-corrected chi connectivity index (χ2v) is 3.98. The van der Waals surface area contributed by atoms with E-state index in [-0.39, 0.29) is 22.8 Å². The van der Waals surface area contributed by atoms with Crippen molar-refractivity contribution in [2.24, 2.45) is 0 Å². The van der Waals surface area contributed by atoms with Gasteiger partial charge in [0.15, 0.2) is 11.5 Å². The van der Waals surface area contributed by atoms with Crippen molar-refractivity contribution in [2.75, 3.05) is 0 Å². The van der Waals surface area contributed by atoms with Gasteiger partial charge in [0, 0.05) is 6.08 Å². The van der Waals surface area contributed by atoms with Gasteiger partial charge in [-0.05, 0) is 24.3 Å². The first-order valence-corrected chi connectivity index (χ1v) is 6.05. The van der Waals surface area contributed by atoms with Gasteiger partial charge in [0.2, 0.25) is 0 Å². The minimum atomic E-state index is -0.754. The van der Waals surface area contributed by atoms with Gasteiger partial charge in [-0.15, -0.1) is 0 Å². The molecule has 0 heterocycles. The van der Waals surface area contributed by atoms with Crippen LogP contribution in [0.3, 0.4) is 0 Å². The van der Waals surface area contributed by atoms with E-state index in [1.165, 1.54) is 24.3 Å². The Morgan fingerprint density at radius 1 is 0.952 bits per heavy atom. The summed E-state index contributed by atoms with van der Waals surface area (Å²) in [6.07, 6.45) is 1.00. The molecule has 0 aromatic heterocycles. The van der Waals surface area contributed by atoms with Crippen molar-refractivity contribution in [3.63, 3.8) is 0 Å². The van der Waals surface area contributed by atoms with Gasteiger partial charge < -0.3 is 14.6 Å². The molecule has 1 N–H and O–H groups in total. The van der Waals surface area contributed by atoms with Gasteiger partial charge in [0.25, 0.3) is 0 Å². The standard InChI is InChI=1S/C16H12O5/c1-2-15(18)20-13-9-5-6-10-14(13)21-16(19)11-7-3-4-8-12(11)17/h2-10,17H,1H2. The summed E-state index contributed by atoms with van der Waals surface area (Å²) in [5, 5.41) is 9.61. The normalized spacial score (nSPS) is 9.71. The van der Waals surface area contributed by atoms with E-state index >= 15 is 0 Å². The van der Waals surface area contributed by atoms with Gasteiger partial charge in [-0.1, -0.05) is 30.8 Å². The molecule has 0 saturated heterocycles. The summed E-state index contributed by atoms with van der Waals surface area (Å²) in [7, 11) is 0. The van der Waals surface area contributed by atoms with Crippen LogP contribution in [-0.4, -0.2) is 17.0 Å². The van der Waals surface area contributed by atoms with Crippen LogP contribution in [0.25, 0.3) is 0 Å². The molecule has 0 aliphatic heterocycles. The van der Waals surface area contributed by atoms with Crippen LogP contribution < -0.4 is 9.47 Å². The van der Waals surface area contributed by atoms with E-state index in [4.69, 9.17) is 9.47 Å². The monoisotopic (exact) mass is 284 g/mol. The maximum atomic E-state index is 12.0. The molecule has 0 spiro atoms. The zero-order valence-electron chi connectivity index (χ0n) is 11.0. The van der Waals surface area contributed by atoms with Crippen LogP contribution in [0, 0.1) is 0 Å². The number of phenols is 1. The van der Waals surface area contributed by atoms with Gasteiger partial charge >= 0.3 is 11.9 Å². The predicted octanol–water partition coefficient (Wildman–Crippen LogP) is 2.70. The molecule has 2 aromatic rings. The summed E-state index contributed by atoms with van der Waals surface area (Å²) in [6, 6.07) is 12.2. The summed E-state index contributed by atoms with van der Waals surface area (Å²) >= 11 is 0. The molecular weight excluding hydrogens is 272 g/mol. The van der Waals surface area contributed by atoms with E-state index in [1.54, 1.807) is 24.3 Å². The molecule has 0 amide bonds. The van der Waals surface area contributed by atoms with Crippen LogP contribution in [0.2, 0.25) is 0 Å². The minimum Gasteiger partial charge on any atom is -0.507 e. The third kappa shape index (κ3) is 3.48. The quantitative estimate of drug-likeness (QED) is 0.531. The van der Waals surface area contributed by atoms with E-state index in [9.17, 15) is 14.7 Å². The lowest BCUT2D eigenvalue weighted by atomic mass is 10.2. The Labute approximate surface area is 121 Å². The average molecular weight is 284 g/mol. The lowest BCUT2D eigenvalue weighted by molar-refractivity contribution is -0.129. The lowest BCUT2D eigenvalue weighted by Crippen LogP contribution is -2.11. The highest BCUT2D eigenvalue weighted by Crippen LogP contribution is 2.28. The fraction of sp³-hybridized carbons (Fsp3) is 0. The Balaban J connectivity index is 2.24. The van der Waals surface area contributed by atoms with Crippen LogP contribution in [0.5, 0.6) is 17.2 Å². The maximum absolute atomic E-state index is 12.0. The number of carbonyl (C=O) groups is 2. The van der Waals surface area contributed by atoms with Crippen LogP contribution >= 0.6 is 0 Å². The van der Waals surface area contributed by atoms with Gasteiger partial charge in [0.05, 0.1) is 0 Å². The second kappa shape index (κ2) is 6.38. The molecule has 2 rings (SSSR count). The summed E-state index contributed by atoms with van der Waals surface area (Å²) in [5.41, 5.74) is 0.0161. The number of hydrogen-bond donors (Lipinski definition) is 1. The Hall–Kier alpha value is -3.08. The van der Waals surface area contributed by atoms with Crippen molar-refractivity contribution in [1.82, 2.24) is 0 Å². The number of para-hydroxylation sites is 3. The molecule has 5 nitrogen and oxygen atoms in total. The van der Waals surface area contributed by atoms with Gasteiger partial charge in [-0.25, -0.2) is 9.59 Å². The van der Waals surface area contributed by atoms with E-state index in [0.29, 0.717) is 0 Å². The number of phenolic OH excluding ortho intramolecular Hbond substituents is 1. The Kier molecular flexibility index (Phi) is 4.36. The first kappa shape index (κ1) is 14.3. The third-order valence-corrected chi connectivity index (χ3v) is 2.55. The number of hydrogen-bond acceptors (Lipinski definition) is 5. The van der Waals surface area contributed by atoms with Crippen LogP contribution in [-0.2, 0) is 4.79 Å². The highest BCUT2D eigenvalue weighted by Gasteiger charge is 2.16. The lowest BCUT2D eigenvalue weighted by Gasteiger charge is -2.09. The summed E-state index contributed by atoms with van der Waals surface area (Å²) in [5.74, 6) is -1.45. The van der Waals surface area contributed by atoms with Gasteiger partial charge in [0.1, 0.15) is 11.3 Å². The molecule has 0 saturated carbocycles. The van der Waals surface area contributed by atoms with Crippen molar-refractivity contribution in [3.8, 4) is 17.2 Å². The van der Waals surface area contributed by atoms with E-state index in [1.807, 2.05) is 0 Å². The van der Waals surface area contributed by atoms with E-state index in [2.05, 4.69) is 6.58 Å². The van der Waals surface area contributed by atoms with Crippen molar-refractivity contribution < 1.29 is 24.2 Å². The molecule has 21 heavy (non-hydrogen) atoms. The predicted molar refractivity (Wildman–Crippen MR) is 75.3 cm³/mol. The molecule has 0 aliphatic rings. The number of esters is 2. The van der Waals surface area contributed by atoms with E-state index in [0.717, 1.165) is 6.08 Å². The molecular formula is C16H12O5. The number of rotatable bonds is 4. The molecule has 106 valence electrons. The molecule has 0 bridgehead atoms. The number of ether oxygens (including phenoxy) is 2. The molecule has 0 atom stereocenters. The zero-order valence-corrected chi connectivity index (χ0v) is 11.0. The Morgan fingerprint density at radius 3 is 2.14 bits per heavy atom. The second-order valence-electron chi connectivity index (χ2n) is 3.98. The topological polar surface area (TPSA) is 72.8 Å². The van der Waals surface area contributed by atoms with Crippen LogP contribution in [0.1, 0.15) is 10.4 Å². The van der Waals surface area contributed by atoms with Crippen molar-refractivity contribution >= 4 is 11.9 Å². The van der Waals surface area contributed by atoms with Crippen molar-refractivity contribution in [1.29, 1.82) is 0 Å². The molecule has 5 heteroatoms. The molecule has 0 unspecified atom stereocenters. The Bertz CT molecular complexity index is 691. The summed E-state index contributed by atoms with van der Waals surface area (Å²) in [4.78, 5) is 23.2. The van der Waals surface area contributed by atoms with Crippen molar-refractivity contribution in [2.45, 2.75) is 0 Å². The third-order valence-electron chi connectivity index (χ3n) is 2.55. The smallest absolute Gasteiger partial charge is 0.347 e. The van der Waals surface area contributed by atoms with Crippen LogP contribution in [0.15, 0.2) is 61.2 Å². The fourth-order valence-electron chi connectivity index (χ4n) is 1.57. The number of benzene rings is 2. The fourth-order valence-corrected chi connectivity index (χ4v) is 1.57. The minimum absolute atomic E-state index is 0.0161. The SMILES string of the molecule is C=CC(=O)Oc1ccccc1OC(=O)c1ccccc1O. The number of carbonyl (C=O) groups excluding carboxylic acids is 2. The average Bonchev–Trinajstić information content (AvgIpc) is 2.49. The maximum Gasteiger partial charge on any atom is 0.347 e. The highest BCUT2D eigenvalue weighted by atomic mass is 16.6. The van der Waals surface area contributed by atoms with Crippen molar-refractivity contribution in [3.05, 3.63) is 66.7 Å². The molecule has 0 fully saturated rings. The number of aromatic hydroxyl groups is 1. The highest BCUT2D eigenvalue weighted by molar-refractivity contribution is 5.94. The summed E-state index contributed by atoms with van der Waals surface area (Å²) < 4.78 is 10.1. The van der Waals surface area contributed by atoms with Gasteiger partial charge in [-0.3, -0.25) is 0 Å². The molecule has 0 radical (unpaired) electrons. The zero-order chi connectivity index (χ0) is 15.2. The first-order chi connectivity index (χ1) is 10.1. The summed E-state index contributed by atoms with van der Waals surface area (Å²) in [6.45, 7) is 3.29. The molecule has 2 aromatic carbocycles. The van der Waals surface area contributed by atoms with Gasteiger partial charge in [-0.2, -0.15) is 0 Å². The first-order valence-electron chi connectivity index (χ1n) is 6.05.